The number of ether oxygens (including phenoxy) is 1. The number of carbonyl (C=O) groups is 2. The predicted molar refractivity (Wildman–Crippen MR) is 102 cm³/mol. The highest BCUT2D eigenvalue weighted by Crippen LogP contribution is 2.20. The normalized spacial score (nSPS) is 12.1. The molecule has 0 spiro atoms. The summed E-state index contributed by atoms with van der Waals surface area (Å²) in [6.07, 6.45) is -0.997. The highest BCUT2D eigenvalue weighted by atomic mass is 32.2. The van der Waals surface area contributed by atoms with Gasteiger partial charge in [0.05, 0.1) is 10.5 Å². The summed E-state index contributed by atoms with van der Waals surface area (Å²) in [5.41, 5.74) is 0.484. The van der Waals surface area contributed by atoms with Crippen molar-refractivity contribution in [3.05, 3.63) is 59.4 Å². The smallest absolute Gasteiger partial charge is 0.338 e. The molecule has 28 heavy (non-hydrogen) atoms. The molecule has 0 unspecified atom stereocenters. The minimum atomic E-state index is -4.05. The molecule has 0 saturated heterocycles. The van der Waals surface area contributed by atoms with Crippen molar-refractivity contribution >= 4 is 27.6 Å². The van der Waals surface area contributed by atoms with Crippen LogP contribution in [0.4, 0.5) is 10.1 Å². The molecule has 0 heterocycles. The topological polar surface area (TPSA) is 102 Å². The highest BCUT2D eigenvalue weighted by Gasteiger charge is 2.20. The lowest BCUT2D eigenvalue weighted by atomic mass is 10.2. The van der Waals surface area contributed by atoms with E-state index in [4.69, 9.17) is 4.74 Å². The Morgan fingerprint density at radius 3 is 2.54 bits per heavy atom. The molecule has 2 aromatic rings. The molecule has 0 aliphatic heterocycles. The van der Waals surface area contributed by atoms with Crippen molar-refractivity contribution in [3.8, 4) is 0 Å². The number of likely N-dealkylation sites (N-methyl/N-ethyl adjacent to an activating group) is 1. The summed E-state index contributed by atoms with van der Waals surface area (Å²) in [5.74, 6) is -1.85. The Morgan fingerprint density at radius 2 is 1.89 bits per heavy atom. The van der Waals surface area contributed by atoms with Crippen LogP contribution in [0, 0.1) is 12.7 Å². The molecule has 2 N–H and O–H groups in total. The molecule has 0 radical (unpaired) electrons. The van der Waals surface area contributed by atoms with Crippen LogP contribution in [0.3, 0.4) is 0 Å². The number of aryl methyl sites for hydroxylation is 1. The summed E-state index contributed by atoms with van der Waals surface area (Å²) in [4.78, 5) is 23.6. The Bertz CT molecular complexity index is 992. The number of rotatable bonds is 7. The fourth-order valence-corrected chi connectivity index (χ4v) is 3.33. The Hall–Kier alpha value is -2.94. The average Bonchev–Trinajstić information content (AvgIpc) is 2.63. The number of halogens is 1. The van der Waals surface area contributed by atoms with Crippen molar-refractivity contribution in [1.29, 1.82) is 0 Å². The summed E-state index contributed by atoms with van der Waals surface area (Å²) >= 11 is 0. The van der Waals surface area contributed by atoms with Crippen LogP contribution in [0.15, 0.2) is 47.4 Å². The van der Waals surface area contributed by atoms with Crippen LogP contribution in [0.25, 0.3) is 0 Å². The molecule has 0 saturated carbocycles. The van der Waals surface area contributed by atoms with Crippen LogP contribution >= 0.6 is 0 Å². The number of nitrogens with one attached hydrogen (secondary N) is 2. The molecule has 150 valence electrons. The molecule has 2 rings (SSSR count). The van der Waals surface area contributed by atoms with Gasteiger partial charge in [-0.05, 0) is 56.7 Å². The second-order valence-electron chi connectivity index (χ2n) is 6.04. The summed E-state index contributed by atoms with van der Waals surface area (Å²) in [6.45, 7) is 5.09. The molecule has 0 aliphatic carbocycles. The lowest BCUT2D eigenvalue weighted by molar-refractivity contribution is -0.128. The van der Waals surface area contributed by atoms with Crippen LogP contribution in [-0.4, -0.2) is 32.9 Å². The highest BCUT2D eigenvalue weighted by molar-refractivity contribution is 7.92. The van der Waals surface area contributed by atoms with E-state index in [1.807, 2.05) is 0 Å². The van der Waals surface area contributed by atoms with E-state index in [2.05, 4.69) is 10.0 Å². The number of benzene rings is 2. The maximum Gasteiger partial charge on any atom is 0.338 e. The molecular formula is C19H21FN2O5S. The van der Waals surface area contributed by atoms with Crippen LogP contribution in [0.2, 0.25) is 0 Å². The molecule has 1 amide bonds. The Kier molecular flexibility index (Phi) is 6.74. The van der Waals surface area contributed by atoms with Crippen molar-refractivity contribution in [3.63, 3.8) is 0 Å². The zero-order chi connectivity index (χ0) is 20.9. The third-order valence-corrected chi connectivity index (χ3v) is 5.19. The minimum absolute atomic E-state index is 0.0615. The van der Waals surface area contributed by atoms with Gasteiger partial charge < -0.3 is 10.1 Å². The number of hydrogen-bond acceptors (Lipinski definition) is 5. The Morgan fingerprint density at radius 1 is 1.18 bits per heavy atom. The van der Waals surface area contributed by atoms with Crippen molar-refractivity contribution in [2.45, 2.75) is 31.8 Å². The lowest BCUT2D eigenvalue weighted by Gasteiger charge is -2.13. The molecule has 1 atom stereocenters. The standard InChI is InChI=1S/C19H21FN2O5S/c1-4-21-18(23)13(3)27-19(24)14-6-5-7-15(10-14)22-28(25,26)16-9-8-12(2)17(20)11-16/h5-11,13,22H,4H2,1-3H3,(H,21,23)/t13-/m1/s1. The average molecular weight is 408 g/mol. The first-order valence-corrected chi connectivity index (χ1v) is 10.00. The molecule has 9 heteroatoms. The van der Waals surface area contributed by atoms with Crippen LogP contribution in [0.1, 0.15) is 29.8 Å². The molecule has 7 nitrogen and oxygen atoms in total. The third kappa shape index (κ3) is 5.29. The van der Waals surface area contributed by atoms with E-state index in [1.54, 1.807) is 6.92 Å². The van der Waals surface area contributed by atoms with E-state index in [9.17, 15) is 22.4 Å². The number of carbonyl (C=O) groups excluding carboxylic acids is 2. The van der Waals surface area contributed by atoms with E-state index in [-0.39, 0.29) is 16.1 Å². The SMILES string of the molecule is CCNC(=O)[C@@H](C)OC(=O)c1cccc(NS(=O)(=O)c2ccc(C)c(F)c2)c1. The second kappa shape index (κ2) is 8.83. The van der Waals surface area contributed by atoms with Gasteiger partial charge in [-0.2, -0.15) is 0 Å². The van der Waals surface area contributed by atoms with Gasteiger partial charge in [0.1, 0.15) is 5.82 Å². The van der Waals surface area contributed by atoms with Gasteiger partial charge in [0.25, 0.3) is 15.9 Å². The maximum absolute atomic E-state index is 13.7. The van der Waals surface area contributed by atoms with Crippen LogP contribution in [-0.2, 0) is 19.6 Å². The molecule has 0 bridgehead atoms. The first-order valence-electron chi connectivity index (χ1n) is 8.51. The first-order chi connectivity index (χ1) is 13.1. The van der Waals surface area contributed by atoms with Gasteiger partial charge in [-0.1, -0.05) is 12.1 Å². The van der Waals surface area contributed by atoms with Gasteiger partial charge in [0, 0.05) is 12.2 Å². The maximum atomic E-state index is 13.7. The Labute approximate surface area is 163 Å². The van der Waals surface area contributed by atoms with E-state index < -0.39 is 33.8 Å². The van der Waals surface area contributed by atoms with Gasteiger partial charge in [-0.3, -0.25) is 9.52 Å². The molecule has 0 aromatic heterocycles. The summed E-state index contributed by atoms with van der Waals surface area (Å²) in [7, 11) is -4.05. The van der Waals surface area contributed by atoms with Crippen LogP contribution in [0.5, 0.6) is 0 Å². The summed E-state index contributed by atoms with van der Waals surface area (Å²) < 4.78 is 45.9. The fraction of sp³-hybridized carbons (Fsp3) is 0.263. The molecule has 2 aromatic carbocycles. The molecular weight excluding hydrogens is 387 g/mol. The summed E-state index contributed by atoms with van der Waals surface area (Å²) in [5, 5.41) is 2.53. The largest absolute Gasteiger partial charge is 0.449 e. The monoisotopic (exact) mass is 408 g/mol. The van der Waals surface area contributed by atoms with Crippen molar-refractivity contribution in [1.82, 2.24) is 5.32 Å². The number of hydrogen-bond donors (Lipinski definition) is 2. The number of anilines is 1. The number of amides is 1. The Balaban J connectivity index is 2.17. The van der Waals surface area contributed by atoms with Gasteiger partial charge in [-0.15, -0.1) is 0 Å². The van der Waals surface area contributed by atoms with E-state index in [0.29, 0.717) is 12.1 Å². The fourth-order valence-electron chi connectivity index (χ4n) is 2.26. The summed E-state index contributed by atoms with van der Waals surface area (Å²) in [6, 6.07) is 9.16. The van der Waals surface area contributed by atoms with Gasteiger partial charge >= 0.3 is 5.97 Å². The second-order valence-corrected chi connectivity index (χ2v) is 7.72. The van der Waals surface area contributed by atoms with E-state index in [0.717, 1.165) is 6.07 Å². The third-order valence-electron chi connectivity index (χ3n) is 3.81. The van der Waals surface area contributed by atoms with Gasteiger partial charge in [0.2, 0.25) is 0 Å². The van der Waals surface area contributed by atoms with Crippen molar-refractivity contribution in [2.75, 3.05) is 11.3 Å². The minimum Gasteiger partial charge on any atom is -0.449 e. The predicted octanol–water partition coefficient (Wildman–Crippen LogP) is 2.62. The van der Waals surface area contributed by atoms with E-state index >= 15 is 0 Å². The van der Waals surface area contributed by atoms with Gasteiger partial charge in [0.15, 0.2) is 6.10 Å². The first kappa shape index (κ1) is 21.4. The zero-order valence-electron chi connectivity index (χ0n) is 15.7. The number of esters is 1. The molecule has 0 aliphatic rings. The van der Waals surface area contributed by atoms with Crippen LogP contribution < -0.4 is 10.0 Å². The lowest BCUT2D eigenvalue weighted by Crippen LogP contribution is -2.35. The van der Waals surface area contributed by atoms with Crippen molar-refractivity contribution < 1.29 is 27.1 Å². The zero-order valence-corrected chi connectivity index (χ0v) is 16.5. The van der Waals surface area contributed by atoms with E-state index in [1.165, 1.54) is 50.2 Å². The van der Waals surface area contributed by atoms with Crippen molar-refractivity contribution in [2.24, 2.45) is 0 Å². The molecule has 0 fully saturated rings. The quantitative estimate of drug-likeness (QED) is 0.686. The van der Waals surface area contributed by atoms with Gasteiger partial charge in [-0.25, -0.2) is 17.6 Å². The number of sulfonamides is 1.